The average molecular weight is 775 g/mol. The molecule has 47 heavy (non-hydrogen) atoms. The fraction of sp³-hybridized carbons (Fsp3) is 0.674. The molecule has 0 bridgehead atoms. The van der Waals surface area contributed by atoms with Crippen LogP contribution in [0.4, 0.5) is 0 Å². The van der Waals surface area contributed by atoms with Crippen molar-refractivity contribution in [2.75, 3.05) is 0 Å². The van der Waals surface area contributed by atoms with E-state index < -0.39 is 28.9 Å². The third-order valence-electron chi connectivity index (χ3n) is 13.5. The number of benzene rings is 2. The molecule has 4 aliphatic carbocycles. The summed E-state index contributed by atoms with van der Waals surface area (Å²) in [5.74, 6) is 6.33. The van der Waals surface area contributed by atoms with E-state index in [0.717, 1.165) is 52.5 Å². The molecule has 0 N–H and O–H groups in total. The van der Waals surface area contributed by atoms with Gasteiger partial charge >= 0.3 is 37.9 Å². The Morgan fingerprint density at radius 1 is 0.596 bits per heavy atom. The van der Waals surface area contributed by atoms with E-state index in [4.69, 9.17) is 17.0 Å². The molecule has 0 aliphatic heterocycles. The van der Waals surface area contributed by atoms with Crippen molar-refractivity contribution in [2.24, 2.45) is 29.6 Å². The van der Waals surface area contributed by atoms with Gasteiger partial charge in [0, 0.05) is 0 Å². The maximum absolute atomic E-state index is 4.93. The predicted molar refractivity (Wildman–Crippen MR) is 210 cm³/mol. The molecule has 4 fully saturated rings. The van der Waals surface area contributed by atoms with Crippen LogP contribution >= 0.6 is 17.0 Å². The zero-order valence-corrected chi connectivity index (χ0v) is 36.9. The van der Waals surface area contributed by atoms with Crippen molar-refractivity contribution in [3.63, 3.8) is 0 Å². The predicted octanol–water partition coefficient (Wildman–Crippen LogP) is 14.5. The van der Waals surface area contributed by atoms with Crippen molar-refractivity contribution < 1.29 is 20.8 Å². The molecule has 9 unspecified atom stereocenters. The second-order valence-electron chi connectivity index (χ2n) is 18.3. The van der Waals surface area contributed by atoms with E-state index in [-0.39, 0.29) is 25.7 Å². The van der Waals surface area contributed by atoms with E-state index in [0.29, 0.717) is 0 Å². The molecule has 2 aromatic rings. The zero-order chi connectivity index (χ0) is 32.7. The van der Waals surface area contributed by atoms with Crippen LogP contribution in [0.25, 0.3) is 0 Å². The molecule has 6 rings (SSSR count). The number of fused-ring (bicyclic) bond motifs is 2. The van der Waals surface area contributed by atoms with E-state index >= 15 is 0 Å². The van der Waals surface area contributed by atoms with Gasteiger partial charge in [-0.3, -0.25) is 0 Å². The van der Waals surface area contributed by atoms with Crippen molar-refractivity contribution in [1.82, 2.24) is 0 Å². The van der Waals surface area contributed by atoms with Gasteiger partial charge in [0.2, 0.25) is 0 Å². The summed E-state index contributed by atoms with van der Waals surface area (Å²) in [6, 6.07) is 19.9. The molecular weight excluding hydrogens is 707 g/mol. The van der Waals surface area contributed by atoms with E-state index in [2.05, 4.69) is 110 Å². The normalized spacial score (nSPS) is 32.0. The van der Waals surface area contributed by atoms with Gasteiger partial charge in [0.15, 0.2) is 0 Å². The molecule has 4 heteroatoms. The van der Waals surface area contributed by atoms with Crippen molar-refractivity contribution in [3.8, 4) is 0 Å². The first-order valence-electron chi connectivity index (χ1n) is 18.4. The molecule has 4 aliphatic rings. The van der Waals surface area contributed by atoms with Crippen molar-refractivity contribution in [1.29, 1.82) is 0 Å². The van der Waals surface area contributed by atoms with E-state index in [1.165, 1.54) is 68.9 Å². The number of hydrogen-bond donors (Lipinski definition) is 0. The Bertz CT molecular complexity index is 1240. The zero-order valence-electron chi connectivity index (χ0n) is 31.9. The van der Waals surface area contributed by atoms with Gasteiger partial charge < -0.3 is 14.9 Å². The first-order valence-corrected chi connectivity index (χ1v) is 27.8. The SMILES string of the molecule is CC1CC2C(c3ccc(C(C)(C)C)cc3)CCCC2C1[Si](C)(C)C1CCC2C(c3ccc(C(C)(C)C)cc3)CCCC21.[CH3-].[CH3-].[Cl][Zr+2][Cl]. The first kappa shape index (κ1) is 41.5. The molecule has 0 amide bonds. The molecule has 0 nitrogen and oxygen atoms in total. The van der Waals surface area contributed by atoms with Crippen molar-refractivity contribution >= 4 is 25.1 Å². The number of hydrogen-bond acceptors (Lipinski definition) is 0. The van der Waals surface area contributed by atoms with Gasteiger partial charge in [0.1, 0.15) is 0 Å². The van der Waals surface area contributed by atoms with Crippen LogP contribution in [0.15, 0.2) is 48.5 Å². The summed E-state index contributed by atoms with van der Waals surface area (Å²) in [5.41, 5.74) is 8.81. The third-order valence-corrected chi connectivity index (χ3v) is 18.9. The average Bonchev–Trinajstić information content (AvgIpc) is 3.58. The molecule has 0 spiro atoms. The molecule has 262 valence electrons. The van der Waals surface area contributed by atoms with E-state index in [1.807, 2.05) is 0 Å². The fourth-order valence-corrected chi connectivity index (χ4v) is 17.7. The summed E-state index contributed by atoms with van der Waals surface area (Å²) >= 11 is -0.826. The van der Waals surface area contributed by atoms with Gasteiger partial charge in [-0.1, -0.05) is 142 Å². The third kappa shape index (κ3) is 8.78. The minimum absolute atomic E-state index is 0. The number of halogens is 2. The second-order valence-corrected chi connectivity index (χ2v) is 27.1. The standard InChI is InChI=1S/C41H62Si.2CH3.2ClH.Zr/c1-27-26-37-33(29-18-22-31(23-19-29)41(5,6)7)13-11-15-36(37)39(27)42(8,9)38-25-24-34-32(12-10-14-35(34)38)28-16-20-30(21-17-28)40(2,3)4;;;;;/h16-23,27,32-39H,10-15,24-26H2,1-9H3;2*1H3;2*1H;/q;2*-1;;;+4/p-2. The Hall–Kier alpha value is 0.120. The summed E-state index contributed by atoms with van der Waals surface area (Å²) in [6.45, 7) is 22.5. The van der Waals surface area contributed by atoms with Crippen LogP contribution in [0.3, 0.4) is 0 Å². The monoisotopic (exact) mass is 772 g/mol. The summed E-state index contributed by atoms with van der Waals surface area (Å²) in [5, 5.41) is 0. The Morgan fingerprint density at radius 2 is 1.02 bits per heavy atom. The Labute approximate surface area is 312 Å². The molecule has 0 saturated heterocycles. The van der Waals surface area contributed by atoms with Crippen molar-refractivity contribution in [3.05, 3.63) is 85.6 Å². The summed E-state index contributed by atoms with van der Waals surface area (Å²) < 4.78 is 0. The van der Waals surface area contributed by atoms with Gasteiger partial charge in [0.05, 0.1) is 8.07 Å². The Morgan fingerprint density at radius 3 is 1.47 bits per heavy atom. The first-order chi connectivity index (χ1) is 21.2. The quantitative estimate of drug-likeness (QED) is 0.214. The molecule has 2 aromatic carbocycles. The minimum atomic E-state index is -1.45. The molecule has 9 atom stereocenters. The fourth-order valence-electron chi connectivity index (χ4n) is 11.6. The van der Waals surface area contributed by atoms with E-state index in [9.17, 15) is 0 Å². The van der Waals surface area contributed by atoms with Crippen LogP contribution in [0, 0.1) is 44.4 Å². The topological polar surface area (TPSA) is 0 Å². The Kier molecular flexibility index (Phi) is 14.7. The Balaban J connectivity index is 0.00000116. The summed E-state index contributed by atoms with van der Waals surface area (Å²) in [6.07, 6.45) is 13.3. The molecule has 0 radical (unpaired) electrons. The van der Waals surface area contributed by atoms with Gasteiger partial charge in [0.25, 0.3) is 0 Å². The van der Waals surface area contributed by atoms with Crippen LogP contribution in [-0.2, 0) is 31.7 Å². The summed E-state index contributed by atoms with van der Waals surface area (Å²) in [4.78, 5) is 0. The molecular formula is C43H68Cl2SiZr. The van der Waals surface area contributed by atoms with Crippen molar-refractivity contribution in [2.45, 2.75) is 153 Å². The summed E-state index contributed by atoms with van der Waals surface area (Å²) in [7, 11) is 8.42. The van der Waals surface area contributed by atoms with Gasteiger partial charge in [-0.25, -0.2) is 0 Å². The molecule has 0 heterocycles. The van der Waals surface area contributed by atoms with E-state index in [1.54, 1.807) is 11.1 Å². The van der Waals surface area contributed by atoms with Gasteiger partial charge in [-0.15, -0.1) is 0 Å². The van der Waals surface area contributed by atoms with Crippen LogP contribution in [0.1, 0.15) is 140 Å². The van der Waals surface area contributed by atoms with Gasteiger partial charge in [-0.2, -0.15) is 0 Å². The van der Waals surface area contributed by atoms with Gasteiger partial charge in [-0.05, 0) is 111 Å². The number of rotatable bonds is 4. The van der Waals surface area contributed by atoms with Crippen LogP contribution in [0.5, 0.6) is 0 Å². The van der Waals surface area contributed by atoms with Crippen LogP contribution in [-0.4, -0.2) is 8.07 Å². The molecule has 0 aromatic heterocycles. The maximum atomic E-state index is 4.93. The van der Waals surface area contributed by atoms with Crippen LogP contribution in [0.2, 0.25) is 24.2 Å². The molecule has 4 saturated carbocycles. The second kappa shape index (κ2) is 16.6. The van der Waals surface area contributed by atoms with Crippen LogP contribution < -0.4 is 0 Å².